The molecule has 30 heavy (non-hydrogen) atoms. The molecule has 7 heteroatoms. The van der Waals surface area contributed by atoms with Crippen LogP contribution in [0, 0.1) is 6.92 Å². The lowest BCUT2D eigenvalue weighted by Crippen LogP contribution is -2.32. The van der Waals surface area contributed by atoms with Gasteiger partial charge < -0.3 is 14.3 Å². The highest BCUT2D eigenvalue weighted by molar-refractivity contribution is 7.99. The molecule has 2 aromatic heterocycles. The van der Waals surface area contributed by atoms with Gasteiger partial charge in [-0.05, 0) is 25.0 Å². The predicted octanol–water partition coefficient (Wildman–Crippen LogP) is 5.06. The Balaban J connectivity index is 1.40. The zero-order valence-electron chi connectivity index (χ0n) is 17.1. The van der Waals surface area contributed by atoms with Crippen molar-refractivity contribution >= 4 is 28.6 Å². The van der Waals surface area contributed by atoms with Gasteiger partial charge >= 0.3 is 0 Å². The fourth-order valence-electron chi connectivity index (χ4n) is 3.32. The number of para-hydroxylation sites is 1. The first-order valence-corrected chi connectivity index (χ1v) is 11.0. The molecule has 2 aromatic carbocycles. The standard InChI is InChI=1S/C23H24N4O2S/c1-3-12-27(14-17-10-8-16(2)9-11-17)21(28)15-30-23-26-25-22(29-23)19-13-24-20-7-5-4-6-18(19)20/h4-11,13,24H,3,12,14-15H2,1-2H3. The van der Waals surface area contributed by atoms with Gasteiger partial charge in [-0.1, -0.05) is 66.7 Å². The van der Waals surface area contributed by atoms with E-state index in [1.165, 1.54) is 17.3 Å². The maximum Gasteiger partial charge on any atom is 0.277 e. The minimum atomic E-state index is 0.0641. The summed E-state index contributed by atoms with van der Waals surface area (Å²) in [5.74, 6) is 0.781. The van der Waals surface area contributed by atoms with Crippen LogP contribution in [0.2, 0.25) is 0 Å². The summed E-state index contributed by atoms with van der Waals surface area (Å²) in [6.07, 6.45) is 2.77. The number of hydrogen-bond acceptors (Lipinski definition) is 5. The van der Waals surface area contributed by atoms with Gasteiger partial charge in [0.2, 0.25) is 5.91 Å². The van der Waals surface area contributed by atoms with Gasteiger partial charge in [0.15, 0.2) is 0 Å². The van der Waals surface area contributed by atoms with Crippen LogP contribution in [0.15, 0.2) is 64.4 Å². The third-order valence-corrected chi connectivity index (χ3v) is 5.69. The minimum Gasteiger partial charge on any atom is -0.411 e. The van der Waals surface area contributed by atoms with Crippen LogP contribution in [-0.4, -0.2) is 38.3 Å². The number of nitrogens with one attached hydrogen (secondary N) is 1. The van der Waals surface area contributed by atoms with Gasteiger partial charge in [0.1, 0.15) is 0 Å². The van der Waals surface area contributed by atoms with Gasteiger partial charge in [-0.15, -0.1) is 10.2 Å². The number of rotatable bonds is 8. The molecule has 0 saturated carbocycles. The second kappa shape index (κ2) is 9.17. The quantitative estimate of drug-likeness (QED) is 0.403. The molecule has 0 bridgehead atoms. The summed E-state index contributed by atoms with van der Waals surface area (Å²) in [5, 5.41) is 9.70. The Bertz CT molecular complexity index is 1130. The molecule has 0 unspecified atom stereocenters. The molecule has 6 nitrogen and oxygen atoms in total. The molecule has 4 aromatic rings. The molecule has 0 fully saturated rings. The molecule has 0 atom stereocenters. The topological polar surface area (TPSA) is 75.0 Å². The smallest absolute Gasteiger partial charge is 0.277 e. The van der Waals surface area contributed by atoms with Crippen molar-refractivity contribution in [3.63, 3.8) is 0 Å². The van der Waals surface area contributed by atoms with Gasteiger partial charge in [-0.2, -0.15) is 0 Å². The van der Waals surface area contributed by atoms with E-state index in [1.54, 1.807) is 0 Å². The van der Waals surface area contributed by atoms with Crippen molar-refractivity contribution in [2.45, 2.75) is 32.0 Å². The molecule has 2 heterocycles. The van der Waals surface area contributed by atoms with E-state index in [9.17, 15) is 4.79 Å². The number of fused-ring (bicyclic) bond motifs is 1. The van der Waals surface area contributed by atoms with Gasteiger partial charge in [0, 0.05) is 30.2 Å². The highest BCUT2D eigenvalue weighted by Gasteiger charge is 2.17. The zero-order valence-corrected chi connectivity index (χ0v) is 17.9. The van der Waals surface area contributed by atoms with E-state index in [2.05, 4.69) is 53.3 Å². The van der Waals surface area contributed by atoms with Crippen molar-refractivity contribution in [2.75, 3.05) is 12.3 Å². The highest BCUT2D eigenvalue weighted by atomic mass is 32.2. The van der Waals surface area contributed by atoms with Crippen LogP contribution in [0.1, 0.15) is 24.5 Å². The summed E-state index contributed by atoms with van der Waals surface area (Å²) in [6.45, 7) is 5.47. The van der Waals surface area contributed by atoms with E-state index in [0.29, 0.717) is 17.7 Å². The molecular formula is C23H24N4O2S. The molecule has 1 amide bonds. The molecule has 154 valence electrons. The lowest BCUT2D eigenvalue weighted by atomic mass is 10.1. The normalized spacial score (nSPS) is 11.1. The van der Waals surface area contributed by atoms with Crippen LogP contribution in [0.25, 0.3) is 22.4 Å². The van der Waals surface area contributed by atoms with E-state index in [1.807, 2.05) is 35.4 Å². The third kappa shape index (κ3) is 4.57. The SMILES string of the molecule is CCCN(Cc1ccc(C)cc1)C(=O)CSc1nnc(-c2c[nH]c3ccccc23)o1. The van der Waals surface area contributed by atoms with E-state index < -0.39 is 0 Å². The van der Waals surface area contributed by atoms with Crippen LogP contribution in [0.4, 0.5) is 0 Å². The number of thioether (sulfide) groups is 1. The van der Waals surface area contributed by atoms with Crippen LogP contribution >= 0.6 is 11.8 Å². The number of carbonyl (C=O) groups excluding carboxylic acids is 1. The largest absolute Gasteiger partial charge is 0.411 e. The number of H-pyrrole nitrogens is 1. The zero-order chi connectivity index (χ0) is 20.9. The first-order chi connectivity index (χ1) is 14.6. The second-order valence-electron chi connectivity index (χ2n) is 7.21. The van der Waals surface area contributed by atoms with Crippen LogP contribution in [0.5, 0.6) is 0 Å². The van der Waals surface area contributed by atoms with Crippen LogP contribution < -0.4 is 0 Å². The van der Waals surface area contributed by atoms with Crippen LogP contribution in [0.3, 0.4) is 0 Å². The second-order valence-corrected chi connectivity index (χ2v) is 8.14. The Morgan fingerprint density at radius 3 is 2.73 bits per heavy atom. The van der Waals surface area contributed by atoms with Gasteiger partial charge in [-0.25, -0.2) is 0 Å². The predicted molar refractivity (Wildman–Crippen MR) is 119 cm³/mol. The van der Waals surface area contributed by atoms with Crippen molar-refractivity contribution in [1.29, 1.82) is 0 Å². The van der Waals surface area contributed by atoms with Gasteiger partial charge in [-0.3, -0.25) is 4.79 Å². The summed E-state index contributed by atoms with van der Waals surface area (Å²) in [5.41, 5.74) is 4.22. The molecule has 1 N–H and O–H groups in total. The third-order valence-electron chi connectivity index (χ3n) is 4.89. The average molecular weight is 421 g/mol. The van der Waals surface area contributed by atoms with Gasteiger partial charge in [0.25, 0.3) is 11.1 Å². The molecule has 0 radical (unpaired) electrons. The number of aryl methyl sites for hydroxylation is 1. The summed E-state index contributed by atoms with van der Waals surface area (Å²) >= 11 is 1.28. The Hall–Kier alpha value is -3.06. The van der Waals surface area contributed by atoms with E-state index in [-0.39, 0.29) is 11.7 Å². The average Bonchev–Trinajstić information content (AvgIpc) is 3.40. The van der Waals surface area contributed by atoms with Gasteiger partial charge in [0.05, 0.1) is 11.3 Å². The maximum atomic E-state index is 12.8. The monoisotopic (exact) mass is 420 g/mol. The Kier molecular flexibility index (Phi) is 6.18. The number of nitrogens with zero attached hydrogens (tertiary/aromatic N) is 3. The summed E-state index contributed by atoms with van der Waals surface area (Å²) in [6, 6.07) is 16.2. The summed E-state index contributed by atoms with van der Waals surface area (Å²) in [4.78, 5) is 17.9. The number of carbonyl (C=O) groups is 1. The Morgan fingerprint density at radius 2 is 1.93 bits per heavy atom. The fraction of sp³-hybridized carbons (Fsp3) is 0.261. The number of aromatic amines is 1. The lowest BCUT2D eigenvalue weighted by molar-refractivity contribution is -0.129. The molecule has 0 spiro atoms. The molecule has 0 saturated heterocycles. The van der Waals surface area contributed by atoms with Crippen molar-refractivity contribution < 1.29 is 9.21 Å². The van der Waals surface area contributed by atoms with E-state index >= 15 is 0 Å². The van der Waals surface area contributed by atoms with Crippen LogP contribution in [-0.2, 0) is 11.3 Å². The number of amides is 1. The first kappa shape index (κ1) is 20.2. The molecular weight excluding hydrogens is 396 g/mol. The fourth-order valence-corrected chi connectivity index (χ4v) is 3.98. The first-order valence-electron chi connectivity index (χ1n) is 10.00. The molecule has 0 aliphatic rings. The van der Waals surface area contributed by atoms with E-state index in [4.69, 9.17) is 4.42 Å². The Labute approximate surface area is 179 Å². The number of benzene rings is 2. The Morgan fingerprint density at radius 1 is 1.13 bits per heavy atom. The molecule has 4 rings (SSSR count). The minimum absolute atomic E-state index is 0.0641. The van der Waals surface area contributed by atoms with Crippen molar-refractivity contribution in [2.24, 2.45) is 0 Å². The molecule has 0 aliphatic heterocycles. The highest BCUT2D eigenvalue weighted by Crippen LogP contribution is 2.29. The summed E-state index contributed by atoms with van der Waals surface area (Å²) < 4.78 is 5.81. The van der Waals surface area contributed by atoms with Crippen molar-refractivity contribution in [1.82, 2.24) is 20.1 Å². The van der Waals surface area contributed by atoms with Crippen molar-refractivity contribution in [3.8, 4) is 11.5 Å². The number of hydrogen-bond donors (Lipinski definition) is 1. The summed E-state index contributed by atoms with van der Waals surface area (Å²) in [7, 11) is 0. The molecule has 0 aliphatic carbocycles. The van der Waals surface area contributed by atoms with E-state index in [0.717, 1.165) is 35.0 Å². The lowest BCUT2D eigenvalue weighted by Gasteiger charge is -2.22. The van der Waals surface area contributed by atoms with Crippen molar-refractivity contribution in [3.05, 3.63) is 65.9 Å². The maximum absolute atomic E-state index is 12.8. The number of aromatic nitrogens is 3.